The fraction of sp³-hybridized carbons (Fsp3) is 0.0952. The summed E-state index contributed by atoms with van der Waals surface area (Å²) in [5.41, 5.74) is 2.98. The predicted octanol–water partition coefficient (Wildman–Crippen LogP) is 4.36. The number of benzene rings is 2. The Morgan fingerprint density at radius 1 is 0.929 bits per heavy atom. The summed E-state index contributed by atoms with van der Waals surface area (Å²) in [4.78, 5) is 21.5. The first-order valence-corrected chi connectivity index (χ1v) is 9.83. The maximum absolute atomic E-state index is 12.6. The van der Waals surface area contributed by atoms with Gasteiger partial charge in [-0.2, -0.15) is 9.61 Å². The number of carbonyl (C=O) groups excluding carboxylic acids is 1. The first kappa shape index (κ1) is 16.8. The Bertz CT molecular complexity index is 1130. The smallest absolute Gasteiger partial charge is 0.227 e. The lowest BCUT2D eigenvalue weighted by atomic mass is 10.2. The Labute approximate surface area is 166 Å². The molecule has 1 amide bonds. The molecule has 7 heteroatoms. The van der Waals surface area contributed by atoms with Gasteiger partial charge in [0.2, 0.25) is 5.91 Å². The quantitative estimate of drug-likeness (QED) is 0.564. The Balaban J connectivity index is 1.37. The van der Waals surface area contributed by atoms with Crippen LogP contribution in [0.4, 0.5) is 17.2 Å². The van der Waals surface area contributed by atoms with Gasteiger partial charge in [-0.05, 0) is 30.3 Å². The molecule has 1 N–H and O–H groups in total. The molecule has 0 saturated heterocycles. The van der Waals surface area contributed by atoms with Gasteiger partial charge in [-0.15, -0.1) is 0 Å². The van der Waals surface area contributed by atoms with E-state index < -0.39 is 0 Å². The molecule has 0 bridgehead atoms. The molecule has 1 aliphatic rings. The normalized spacial score (nSPS) is 12.5. The van der Waals surface area contributed by atoms with Crippen LogP contribution in [-0.2, 0) is 4.79 Å². The van der Waals surface area contributed by atoms with Crippen molar-refractivity contribution in [3.05, 3.63) is 73.1 Å². The summed E-state index contributed by atoms with van der Waals surface area (Å²) in [5.74, 6) is 0.561. The number of hydrogen-bond acceptors (Lipinski definition) is 5. The number of anilines is 3. The van der Waals surface area contributed by atoms with Gasteiger partial charge in [-0.1, -0.05) is 36.0 Å². The summed E-state index contributed by atoms with van der Waals surface area (Å²) in [6.07, 6.45) is 3.69. The highest BCUT2D eigenvalue weighted by molar-refractivity contribution is 7.99. The molecule has 0 spiro atoms. The van der Waals surface area contributed by atoms with Crippen molar-refractivity contribution in [2.24, 2.45) is 0 Å². The van der Waals surface area contributed by atoms with E-state index in [4.69, 9.17) is 0 Å². The first-order chi connectivity index (χ1) is 13.8. The highest BCUT2D eigenvalue weighted by Crippen LogP contribution is 2.47. The van der Waals surface area contributed by atoms with E-state index in [1.807, 2.05) is 24.3 Å². The van der Waals surface area contributed by atoms with E-state index in [1.165, 1.54) is 9.79 Å². The predicted molar refractivity (Wildman–Crippen MR) is 110 cm³/mol. The Kier molecular flexibility index (Phi) is 4.21. The van der Waals surface area contributed by atoms with Crippen LogP contribution in [0, 0.1) is 0 Å². The zero-order valence-electron chi connectivity index (χ0n) is 14.9. The van der Waals surface area contributed by atoms with Crippen molar-refractivity contribution >= 4 is 40.5 Å². The van der Waals surface area contributed by atoms with Gasteiger partial charge in [0.25, 0.3) is 0 Å². The summed E-state index contributed by atoms with van der Waals surface area (Å²) in [6.45, 7) is 0.591. The molecular formula is C21H17N5OS. The lowest BCUT2D eigenvalue weighted by Crippen LogP contribution is -2.26. The lowest BCUT2D eigenvalue weighted by molar-refractivity contribution is -0.116. The standard InChI is InChI=1S/C21H17N5OS/c27-21(24-20-9-12-22-19-10-13-23-26(19)20)11-14-25-15-5-1-3-7-17(15)28-18-8-4-2-6-16(18)25/h1-10,12-13H,11,14H2,(H,24,27). The van der Waals surface area contributed by atoms with Gasteiger partial charge >= 0.3 is 0 Å². The number of para-hydroxylation sites is 2. The lowest BCUT2D eigenvalue weighted by Gasteiger charge is -2.32. The van der Waals surface area contributed by atoms with Crippen molar-refractivity contribution in [1.82, 2.24) is 14.6 Å². The van der Waals surface area contributed by atoms with Gasteiger partial charge < -0.3 is 10.2 Å². The Morgan fingerprint density at radius 2 is 1.64 bits per heavy atom. The van der Waals surface area contributed by atoms with Crippen LogP contribution in [0.3, 0.4) is 0 Å². The van der Waals surface area contributed by atoms with Crippen LogP contribution in [0.25, 0.3) is 5.65 Å². The number of carbonyl (C=O) groups is 1. The van der Waals surface area contributed by atoms with Crippen molar-refractivity contribution in [3.63, 3.8) is 0 Å². The summed E-state index contributed by atoms with van der Waals surface area (Å²) < 4.78 is 1.63. The number of fused-ring (bicyclic) bond motifs is 3. The minimum Gasteiger partial charge on any atom is -0.339 e. The van der Waals surface area contributed by atoms with Crippen molar-refractivity contribution in [1.29, 1.82) is 0 Å². The minimum atomic E-state index is -0.0591. The summed E-state index contributed by atoms with van der Waals surface area (Å²) in [5, 5.41) is 7.16. The summed E-state index contributed by atoms with van der Waals surface area (Å²) >= 11 is 1.76. The van der Waals surface area contributed by atoms with Gasteiger partial charge in [-0.3, -0.25) is 4.79 Å². The summed E-state index contributed by atoms with van der Waals surface area (Å²) in [7, 11) is 0. The maximum Gasteiger partial charge on any atom is 0.227 e. The van der Waals surface area contributed by atoms with Crippen molar-refractivity contribution < 1.29 is 4.79 Å². The molecule has 2 aromatic carbocycles. The van der Waals surface area contributed by atoms with Gasteiger partial charge in [0.05, 0.1) is 17.6 Å². The molecule has 6 nitrogen and oxygen atoms in total. The third-order valence-corrected chi connectivity index (χ3v) is 5.78. The van der Waals surface area contributed by atoms with E-state index in [0.29, 0.717) is 24.4 Å². The Morgan fingerprint density at radius 3 is 2.39 bits per heavy atom. The Hall–Kier alpha value is -3.32. The molecule has 1 aliphatic heterocycles. The zero-order chi connectivity index (χ0) is 18.9. The third kappa shape index (κ3) is 2.99. The third-order valence-electron chi connectivity index (χ3n) is 4.65. The van der Waals surface area contributed by atoms with Gasteiger partial charge in [0.15, 0.2) is 5.65 Å². The summed E-state index contributed by atoms with van der Waals surface area (Å²) in [6, 6.07) is 20.2. The van der Waals surface area contributed by atoms with Gasteiger partial charge in [0.1, 0.15) is 5.82 Å². The topological polar surface area (TPSA) is 62.5 Å². The molecule has 138 valence electrons. The van der Waals surface area contributed by atoms with Crippen LogP contribution in [0.2, 0.25) is 0 Å². The largest absolute Gasteiger partial charge is 0.339 e. The second kappa shape index (κ2) is 7.01. The van der Waals surface area contributed by atoms with Crippen LogP contribution in [0.5, 0.6) is 0 Å². The highest BCUT2D eigenvalue weighted by Gasteiger charge is 2.23. The van der Waals surface area contributed by atoms with E-state index >= 15 is 0 Å². The average Bonchev–Trinajstić information content (AvgIpc) is 3.21. The molecule has 0 radical (unpaired) electrons. The van der Waals surface area contributed by atoms with E-state index in [9.17, 15) is 4.79 Å². The molecule has 3 heterocycles. The number of amides is 1. The zero-order valence-corrected chi connectivity index (χ0v) is 15.8. The number of nitrogens with one attached hydrogen (secondary N) is 1. The minimum absolute atomic E-state index is 0.0591. The van der Waals surface area contributed by atoms with Gasteiger partial charge in [0, 0.05) is 35.0 Å². The number of nitrogens with zero attached hydrogens (tertiary/aromatic N) is 4. The first-order valence-electron chi connectivity index (χ1n) is 9.02. The van der Waals surface area contributed by atoms with E-state index in [2.05, 4.69) is 44.6 Å². The maximum atomic E-state index is 12.6. The van der Waals surface area contributed by atoms with Crippen molar-refractivity contribution in [2.75, 3.05) is 16.8 Å². The van der Waals surface area contributed by atoms with Crippen LogP contribution < -0.4 is 10.2 Å². The highest BCUT2D eigenvalue weighted by atomic mass is 32.2. The number of aromatic nitrogens is 3. The van der Waals surface area contributed by atoms with Crippen LogP contribution in [-0.4, -0.2) is 27.0 Å². The van der Waals surface area contributed by atoms with E-state index in [1.54, 1.807) is 40.8 Å². The van der Waals surface area contributed by atoms with Gasteiger partial charge in [-0.25, -0.2) is 4.98 Å². The molecule has 4 aromatic rings. The van der Waals surface area contributed by atoms with Crippen molar-refractivity contribution in [3.8, 4) is 0 Å². The second-order valence-corrected chi connectivity index (χ2v) is 7.50. The molecule has 0 atom stereocenters. The molecule has 5 rings (SSSR count). The van der Waals surface area contributed by atoms with Crippen molar-refractivity contribution in [2.45, 2.75) is 16.2 Å². The average molecular weight is 387 g/mol. The molecule has 28 heavy (non-hydrogen) atoms. The fourth-order valence-electron chi connectivity index (χ4n) is 3.37. The van der Waals surface area contributed by atoms with Crippen LogP contribution in [0.1, 0.15) is 6.42 Å². The number of hydrogen-bond donors (Lipinski definition) is 1. The molecular weight excluding hydrogens is 370 g/mol. The van der Waals surface area contributed by atoms with E-state index in [0.717, 1.165) is 11.4 Å². The number of rotatable bonds is 4. The SMILES string of the molecule is O=C(CCN1c2ccccc2Sc2ccccc21)Nc1ccnc2ccnn12. The molecule has 2 aromatic heterocycles. The molecule has 0 unspecified atom stereocenters. The monoisotopic (exact) mass is 387 g/mol. The molecule has 0 aliphatic carbocycles. The fourth-order valence-corrected chi connectivity index (χ4v) is 4.47. The van der Waals surface area contributed by atoms with Crippen LogP contribution in [0.15, 0.2) is 82.8 Å². The second-order valence-electron chi connectivity index (χ2n) is 6.42. The molecule has 0 fully saturated rings. The van der Waals surface area contributed by atoms with Crippen LogP contribution >= 0.6 is 11.8 Å². The van der Waals surface area contributed by atoms with E-state index in [-0.39, 0.29) is 5.91 Å². The molecule has 0 saturated carbocycles.